The van der Waals surface area contributed by atoms with Gasteiger partial charge in [0.2, 0.25) is 11.8 Å². The smallest absolute Gasteiger partial charge is 0.225 e. The minimum atomic E-state index is 0.195. The van der Waals surface area contributed by atoms with Crippen molar-refractivity contribution in [3.63, 3.8) is 0 Å². The highest BCUT2D eigenvalue weighted by atomic mass is 16.5. The van der Waals surface area contributed by atoms with Crippen LogP contribution in [0.15, 0.2) is 97.1 Å². The first-order valence-corrected chi connectivity index (χ1v) is 9.42. The summed E-state index contributed by atoms with van der Waals surface area (Å²) < 4.78 is 11.9. The first-order valence-electron chi connectivity index (χ1n) is 9.42. The lowest BCUT2D eigenvalue weighted by molar-refractivity contribution is 0.268. The van der Waals surface area contributed by atoms with Gasteiger partial charge in [0.05, 0.1) is 0 Å². The number of benzene rings is 3. The molecule has 1 heterocycles. The van der Waals surface area contributed by atoms with Crippen molar-refractivity contribution < 1.29 is 14.6 Å². The highest BCUT2D eigenvalue weighted by molar-refractivity contribution is 5.70. The Morgan fingerprint density at radius 3 is 1.97 bits per heavy atom. The van der Waals surface area contributed by atoms with Crippen LogP contribution in [0.1, 0.15) is 11.1 Å². The van der Waals surface area contributed by atoms with Crippen LogP contribution in [-0.2, 0) is 13.2 Å². The second-order valence-corrected chi connectivity index (χ2v) is 6.60. The molecule has 0 saturated carbocycles. The van der Waals surface area contributed by atoms with Crippen LogP contribution >= 0.6 is 0 Å². The van der Waals surface area contributed by atoms with Crippen LogP contribution in [0.5, 0.6) is 17.5 Å². The summed E-state index contributed by atoms with van der Waals surface area (Å²) in [4.78, 5) is 4.58. The molecular weight excluding hydrogens is 362 g/mol. The second-order valence-electron chi connectivity index (χ2n) is 6.60. The molecule has 0 aliphatic rings. The van der Waals surface area contributed by atoms with Gasteiger partial charge in [-0.2, -0.15) is 4.98 Å². The molecule has 0 unspecified atom stereocenters. The summed E-state index contributed by atoms with van der Waals surface area (Å²) >= 11 is 0. The number of aromatic nitrogens is 1. The van der Waals surface area contributed by atoms with Crippen LogP contribution in [-0.4, -0.2) is 10.1 Å². The van der Waals surface area contributed by atoms with E-state index in [1.165, 1.54) is 0 Å². The highest BCUT2D eigenvalue weighted by Crippen LogP contribution is 2.32. The summed E-state index contributed by atoms with van der Waals surface area (Å²) in [5.41, 5.74) is 3.74. The lowest BCUT2D eigenvalue weighted by atomic mass is 10.1. The molecule has 4 heteroatoms. The Hall–Kier alpha value is -3.79. The number of aromatic hydroxyl groups is 1. The Balaban J connectivity index is 1.59. The van der Waals surface area contributed by atoms with Crippen molar-refractivity contribution in [2.24, 2.45) is 0 Å². The van der Waals surface area contributed by atoms with E-state index >= 15 is 0 Å². The number of phenols is 1. The van der Waals surface area contributed by atoms with Crippen LogP contribution in [0, 0.1) is 0 Å². The monoisotopic (exact) mass is 383 g/mol. The molecule has 0 radical (unpaired) electrons. The largest absolute Gasteiger partial charge is 0.508 e. The molecule has 0 saturated heterocycles. The molecule has 0 aliphatic heterocycles. The van der Waals surface area contributed by atoms with Crippen molar-refractivity contribution >= 4 is 0 Å². The van der Waals surface area contributed by atoms with E-state index in [4.69, 9.17) is 9.47 Å². The highest BCUT2D eigenvalue weighted by Gasteiger charge is 2.12. The number of ether oxygens (including phenoxy) is 2. The Morgan fingerprint density at radius 1 is 0.655 bits per heavy atom. The number of hydrogen-bond acceptors (Lipinski definition) is 4. The minimum Gasteiger partial charge on any atom is -0.508 e. The molecule has 0 bridgehead atoms. The summed E-state index contributed by atoms with van der Waals surface area (Å²) in [5, 5.41) is 9.85. The van der Waals surface area contributed by atoms with Crippen LogP contribution in [0.25, 0.3) is 11.1 Å². The molecule has 29 heavy (non-hydrogen) atoms. The van der Waals surface area contributed by atoms with Gasteiger partial charge in [0.25, 0.3) is 0 Å². The van der Waals surface area contributed by atoms with E-state index < -0.39 is 0 Å². The van der Waals surface area contributed by atoms with Gasteiger partial charge < -0.3 is 14.6 Å². The van der Waals surface area contributed by atoms with E-state index in [0.29, 0.717) is 25.0 Å². The molecule has 0 atom stereocenters. The van der Waals surface area contributed by atoms with Gasteiger partial charge in [0.1, 0.15) is 19.0 Å². The van der Waals surface area contributed by atoms with E-state index in [1.807, 2.05) is 78.9 Å². The van der Waals surface area contributed by atoms with Gasteiger partial charge in [-0.05, 0) is 34.9 Å². The number of nitrogens with zero attached hydrogens (tertiary/aromatic N) is 1. The fourth-order valence-corrected chi connectivity index (χ4v) is 2.96. The van der Waals surface area contributed by atoms with E-state index in [9.17, 15) is 5.11 Å². The SMILES string of the molecule is Oc1cccc(-c2ccc(OCc3ccccc3)nc2OCc2ccccc2)c1. The lowest BCUT2D eigenvalue weighted by Crippen LogP contribution is -2.02. The van der Waals surface area contributed by atoms with Gasteiger partial charge in [-0.15, -0.1) is 0 Å². The Bertz CT molecular complexity index is 1070. The zero-order valence-corrected chi connectivity index (χ0v) is 15.9. The molecule has 1 aromatic heterocycles. The summed E-state index contributed by atoms with van der Waals surface area (Å²) in [5.74, 6) is 1.15. The molecule has 4 nitrogen and oxygen atoms in total. The number of rotatable bonds is 7. The average Bonchev–Trinajstić information content (AvgIpc) is 2.78. The third-order valence-electron chi connectivity index (χ3n) is 4.44. The van der Waals surface area contributed by atoms with Crippen molar-refractivity contribution in [3.05, 3.63) is 108 Å². The summed E-state index contributed by atoms with van der Waals surface area (Å²) in [6.45, 7) is 0.819. The molecule has 0 fully saturated rings. The molecule has 0 spiro atoms. The van der Waals surface area contributed by atoms with Gasteiger partial charge in [-0.1, -0.05) is 72.8 Å². The van der Waals surface area contributed by atoms with Crippen LogP contribution in [0.3, 0.4) is 0 Å². The number of hydrogen-bond donors (Lipinski definition) is 1. The van der Waals surface area contributed by atoms with Gasteiger partial charge in [-0.3, -0.25) is 0 Å². The lowest BCUT2D eigenvalue weighted by Gasteiger charge is -2.13. The third-order valence-corrected chi connectivity index (χ3v) is 4.44. The van der Waals surface area contributed by atoms with Crippen molar-refractivity contribution in [1.82, 2.24) is 4.98 Å². The maximum absolute atomic E-state index is 9.85. The van der Waals surface area contributed by atoms with E-state index in [2.05, 4.69) is 4.98 Å². The predicted octanol–water partition coefficient (Wildman–Crippen LogP) is 5.61. The predicted molar refractivity (Wildman–Crippen MR) is 113 cm³/mol. The first-order chi connectivity index (χ1) is 14.3. The molecule has 0 amide bonds. The van der Waals surface area contributed by atoms with Gasteiger partial charge >= 0.3 is 0 Å². The fourth-order valence-electron chi connectivity index (χ4n) is 2.96. The van der Waals surface area contributed by atoms with Crippen LogP contribution in [0.2, 0.25) is 0 Å². The van der Waals surface area contributed by atoms with E-state index in [0.717, 1.165) is 22.3 Å². The summed E-state index contributed by atoms with van der Waals surface area (Å²) in [7, 11) is 0. The maximum Gasteiger partial charge on any atom is 0.225 e. The zero-order chi connectivity index (χ0) is 19.9. The minimum absolute atomic E-state index is 0.195. The van der Waals surface area contributed by atoms with Crippen molar-refractivity contribution in [2.45, 2.75) is 13.2 Å². The number of phenolic OH excluding ortho intramolecular Hbond substituents is 1. The van der Waals surface area contributed by atoms with Crippen molar-refractivity contribution in [2.75, 3.05) is 0 Å². The maximum atomic E-state index is 9.85. The van der Waals surface area contributed by atoms with Gasteiger partial charge in [0, 0.05) is 11.6 Å². The molecule has 1 N–H and O–H groups in total. The molecule has 4 rings (SSSR count). The summed E-state index contributed by atoms with van der Waals surface area (Å²) in [6, 6.07) is 30.6. The standard InChI is InChI=1S/C25H21NO3/c27-22-13-7-12-21(16-22)23-14-15-24(28-17-19-8-3-1-4-9-19)26-25(23)29-18-20-10-5-2-6-11-20/h1-16,27H,17-18H2. The molecule has 4 aromatic rings. The normalized spacial score (nSPS) is 10.5. The average molecular weight is 383 g/mol. The Morgan fingerprint density at radius 2 is 1.31 bits per heavy atom. The fraction of sp³-hybridized carbons (Fsp3) is 0.0800. The van der Waals surface area contributed by atoms with E-state index in [1.54, 1.807) is 18.2 Å². The zero-order valence-electron chi connectivity index (χ0n) is 15.9. The molecule has 0 aliphatic carbocycles. The van der Waals surface area contributed by atoms with Crippen molar-refractivity contribution in [3.8, 4) is 28.6 Å². The second kappa shape index (κ2) is 8.93. The third kappa shape index (κ3) is 4.93. The van der Waals surface area contributed by atoms with E-state index in [-0.39, 0.29) is 5.75 Å². The van der Waals surface area contributed by atoms with Crippen molar-refractivity contribution in [1.29, 1.82) is 0 Å². The number of pyridine rings is 1. The summed E-state index contributed by atoms with van der Waals surface area (Å²) in [6.07, 6.45) is 0. The Kier molecular flexibility index (Phi) is 5.72. The molecular formula is C25H21NO3. The Labute approximate surface area is 170 Å². The quantitative estimate of drug-likeness (QED) is 0.450. The van der Waals surface area contributed by atoms with Gasteiger partial charge in [-0.25, -0.2) is 0 Å². The molecule has 144 valence electrons. The van der Waals surface area contributed by atoms with Crippen LogP contribution in [0.4, 0.5) is 0 Å². The van der Waals surface area contributed by atoms with Gasteiger partial charge in [0.15, 0.2) is 0 Å². The topological polar surface area (TPSA) is 51.6 Å². The molecule has 3 aromatic carbocycles. The first kappa shape index (κ1) is 18.6. The van der Waals surface area contributed by atoms with Crippen LogP contribution < -0.4 is 9.47 Å².